The van der Waals surface area contributed by atoms with Crippen LogP contribution in [-0.4, -0.2) is 41.4 Å². The second-order valence-corrected chi connectivity index (χ2v) is 7.56. The van der Waals surface area contributed by atoms with Crippen molar-refractivity contribution in [2.45, 2.75) is 11.4 Å². The molecule has 0 aliphatic carbocycles. The summed E-state index contributed by atoms with van der Waals surface area (Å²) in [5.41, 5.74) is 1.18. The topological polar surface area (TPSA) is 123 Å². The summed E-state index contributed by atoms with van der Waals surface area (Å²) < 4.78 is 34.8. The Morgan fingerprint density at radius 3 is 2.79 bits per heavy atom. The zero-order valence-electron chi connectivity index (χ0n) is 15.4. The van der Waals surface area contributed by atoms with E-state index in [4.69, 9.17) is 9.84 Å². The number of rotatable bonds is 8. The van der Waals surface area contributed by atoms with E-state index in [1.807, 2.05) is 12.1 Å². The average Bonchev–Trinajstić information content (AvgIpc) is 3.12. The number of ether oxygens (including phenoxy) is 1. The number of methoxy groups -OCH3 is 1. The van der Waals surface area contributed by atoms with Crippen LogP contribution in [0.5, 0.6) is 5.75 Å². The molecule has 0 aliphatic heterocycles. The van der Waals surface area contributed by atoms with E-state index in [1.54, 1.807) is 29.2 Å². The summed E-state index contributed by atoms with van der Waals surface area (Å²) in [4.78, 5) is 14.8. The number of nitrogens with zero attached hydrogens (tertiary/aromatic N) is 3. The molecule has 0 saturated carbocycles. The first-order valence-electron chi connectivity index (χ1n) is 8.42. The van der Waals surface area contributed by atoms with E-state index >= 15 is 0 Å². The van der Waals surface area contributed by atoms with Crippen molar-refractivity contribution in [2.75, 3.05) is 11.8 Å². The number of anilines is 1. The second kappa shape index (κ2) is 8.57. The lowest BCUT2D eigenvalue weighted by Crippen LogP contribution is -2.15. The van der Waals surface area contributed by atoms with Gasteiger partial charge in [-0.2, -0.15) is 5.10 Å². The molecule has 0 fully saturated rings. The Balaban J connectivity index is 1.84. The number of hydrogen-bond donors (Lipinski definition) is 2. The fraction of sp³-hybridized carbons (Fsp3) is 0.105. The fourth-order valence-corrected chi connectivity index (χ4v) is 3.73. The highest BCUT2D eigenvalue weighted by Crippen LogP contribution is 2.27. The van der Waals surface area contributed by atoms with Crippen molar-refractivity contribution in [2.24, 2.45) is 0 Å². The summed E-state index contributed by atoms with van der Waals surface area (Å²) in [6, 6.07) is 11.4. The van der Waals surface area contributed by atoms with Gasteiger partial charge in [0.05, 0.1) is 19.3 Å². The predicted octanol–water partition coefficient (Wildman–Crippen LogP) is 2.23. The molecule has 29 heavy (non-hydrogen) atoms. The third kappa shape index (κ3) is 5.20. The van der Waals surface area contributed by atoms with Gasteiger partial charge < -0.3 is 9.84 Å². The molecule has 0 aliphatic rings. The summed E-state index contributed by atoms with van der Waals surface area (Å²) >= 11 is 0. The van der Waals surface area contributed by atoms with Crippen LogP contribution in [0.3, 0.4) is 0 Å². The van der Waals surface area contributed by atoms with Gasteiger partial charge in [-0.25, -0.2) is 13.2 Å². The summed E-state index contributed by atoms with van der Waals surface area (Å²) in [7, 11) is -2.67. The van der Waals surface area contributed by atoms with Crippen LogP contribution in [0.15, 0.2) is 65.8 Å². The Labute approximate surface area is 167 Å². The largest absolute Gasteiger partial charge is 0.495 e. The highest BCUT2D eigenvalue weighted by atomic mass is 32.2. The van der Waals surface area contributed by atoms with E-state index in [2.05, 4.69) is 14.8 Å². The molecule has 0 atom stereocenters. The molecule has 1 aromatic carbocycles. The number of nitrogens with one attached hydrogen (secondary N) is 1. The predicted molar refractivity (Wildman–Crippen MR) is 106 cm³/mol. The van der Waals surface area contributed by atoms with Crippen molar-refractivity contribution in [1.29, 1.82) is 0 Å². The molecule has 0 spiro atoms. The molecule has 0 unspecified atom stereocenters. The minimum Gasteiger partial charge on any atom is -0.495 e. The molecular weight excluding hydrogens is 396 g/mol. The first-order valence-corrected chi connectivity index (χ1v) is 9.91. The summed E-state index contributed by atoms with van der Waals surface area (Å²) in [6.45, 7) is 0.390. The van der Waals surface area contributed by atoms with Crippen molar-refractivity contribution in [3.8, 4) is 5.75 Å². The van der Waals surface area contributed by atoms with Crippen molar-refractivity contribution >= 4 is 27.9 Å². The Morgan fingerprint density at radius 2 is 2.10 bits per heavy atom. The SMILES string of the molecule is COc1ccc(/C=C/C(=O)O)cc1S(=O)(=O)Nc1ccn(Cc2ccccn2)n1. The summed E-state index contributed by atoms with van der Waals surface area (Å²) in [6.07, 6.45) is 5.52. The number of carboxylic acids is 1. The Kier molecular flexibility index (Phi) is 5.93. The number of pyridine rings is 1. The van der Waals surface area contributed by atoms with Crippen LogP contribution < -0.4 is 9.46 Å². The Bertz CT molecular complexity index is 1140. The highest BCUT2D eigenvalue weighted by molar-refractivity contribution is 7.92. The molecule has 150 valence electrons. The minimum atomic E-state index is -4.02. The van der Waals surface area contributed by atoms with Crippen molar-refractivity contribution in [3.05, 3.63) is 72.2 Å². The third-order valence-corrected chi connectivity index (χ3v) is 5.20. The van der Waals surface area contributed by atoms with Crippen LogP contribution in [0.1, 0.15) is 11.3 Å². The van der Waals surface area contributed by atoms with Crippen LogP contribution in [0.2, 0.25) is 0 Å². The zero-order valence-corrected chi connectivity index (χ0v) is 16.2. The Hall–Kier alpha value is -3.66. The molecular formula is C19H18N4O5S. The molecule has 9 nitrogen and oxygen atoms in total. The molecule has 2 heterocycles. The van der Waals surface area contributed by atoms with E-state index in [9.17, 15) is 13.2 Å². The van der Waals surface area contributed by atoms with Crippen LogP contribution >= 0.6 is 0 Å². The lowest BCUT2D eigenvalue weighted by molar-refractivity contribution is -0.131. The number of benzene rings is 1. The number of carbonyl (C=O) groups is 1. The monoisotopic (exact) mass is 414 g/mol. The van der Waals surface area contributed by atoms with Gasteiger partial charge in [-0.15, -0.1) is 0 Å². The first-order chi connectivity index (χ1) is 13.9. The number of aliphatic carboxylic acids is 1. The quantitative estimate of drug-likeness (QED) is 0.542. The standard InChI is InChI=1S/C19H18N4O5S/c1-28-16-7-5-14(6-8-19(24)25)12-17(16)29(26,27)22-18-9-11-23(21-18)13-15-4-2-3-10-20-15/h2-12H,13H2,1H3,(H,21,22)(H,24,25)/b8-6+. The van der Waals surface area contributed by atoms with Gasteiger partial charge in [0.25, 0.3) is 10.0 Å². The summed E-state index contributed by atoms with van der Waals surface area (Å²) in [5, 5.41) is 13.0. The van der Waals surface area contributed by atoms with Crippen molar-refractivity contribution < 1.29 is 23.1 Å². The van der Waals surface area contributed by atoms with Gasteiger partial charge in [0, 0.05) is 24.5 Å². The molecule has 2 N–H and O–H groups in total. The molecule has 0 bridgehead atoms. The van der Waals surface area contributed by atoms with E-state index < -0.39 is 16.0 Å². The van der Waals surface area contributed by atoms with Crippen molar-refractivity contribution in [1.82, 2.24) is 14.8 Å². The van der Waals surface area contributed by atoms with Gasteiger partial charge >= 0.3 is 5.97 Å². The molecule has 0 saturated heterocycles. The van der Waals surface area contributed by atoms with E-state index in [-0.39, 0.29) is 16.5 Å². The highest BCUT2D eigenvalue weighted by Gasteiger charge is 2.21. The second-order valence-electron chi connectivity index (χ2n) is 5.91. The van der Waals surface area contributed by atoms with E-state index in [0.717, 1.165) is 11.8 Å². The number of sulfonamides is 1. The smallest absolute Gasteiger partial charge is 0.328 e. The molecule has 3 aromatic rings. The first kappa shape index (κ1) is 20.1. The van der Waals surface area contributed by atoms with Gasteiger partial charge in [0.2, 0.25) is 0 Å². The number of aromatic nitrogens is 3. The average molecular weight is 414 g/mol. The van der Waals surface area contributed by atoms with E-state index in [1.165, 1.54) is 31.4 Å². The lowest BCUT2D eigenvalue weighted by Gasteiger charge is -2.11. The maximum Gasteiger partial charge on any atom is 0.328 e. The maximum atomic E-state index is 12.8. The van der Waals surface area contributed by atoms with Gasteiger partial charge in [-0.1, -0.05) is 12.1 Å². The molecule has 0 radical (unpaired) electrons. The lowest BCUT2D eigenvalue weighted by atomic mass is 10.2. The van der Waals surface area contributed by atoms with Gasteiger partial charge in [-0.3, -0.25) is 14.4 Å². The molecule has 2 aromatic heterocycles. The normalized spacial score (nSPS) is 11.5. The van der Waals surface area contributed by atoms with Gasteiger partial charge in [0.1, 0.15) is 10.6 Å². The number of carboxylic acid groups (broad SMARTS) is 1. The van der Waals surface area contributed by atoms with Crippen molar-refractivity contribution in [3.63, 3.8) is 0 Å². The van der Waals surface area contributed by atoms with Crippen LogP contribution in [0, 0.1) is 0 Å². The third-order valence-electron chi connectivity index (χ3n) is 3.83. The van der Waals surface area contributed by atoms with Crippen LogP contribution in [0.25, 0.3) is 6.08 Å². The van der Waals surface area contributed by atoms with Gasteiger partial charge in [-0.05, 0) is 35.9 Å². The molecule has 3 rings (SSSR count). The fourth-order valence-electron chi connectivity index (χ4n) is 2.53. The Morgan fingerprint density at radius 1 is 1.28 bits per heavy atom. The number of hydrogen-bond acceptors (Lipinski definition) is 6. The van der Waals surface area contributed by atoms with Gasteiger partial charge in [0.15, 0.2) is 5.82 Å². The molecule has 0 amide bonds. The summed E-state index contributed by atoms with van der Waals surface area (Å²) in [5.74, 6) is -0.880. The zero-order chi connectivity index (χ0) is 20.9. The van der Waals surface area contributed by atoms with Crippen LogP contribution in [0.4, 0.5) is 5.82 Å². The maximum absolute atomic E-state index is 12.8. The van der Waals surface area contributed by atoms with E-state index in [0.29, 0.717) is 12.1 Å². The molecule has 10 heteroatoms. The minimum absolute atomic E-state index is 0.123. The van der Waals surface area contributed by atoms with Crippen LogP contribution in [-0.2, 0) is 21.4 Å².